The molecule has 4 nitrogen and oxygen atoms in total. The molecule has 1 fully saturated rings. The highest BCUT2D eigenvalue weighted by Crippen LogP contribution is 2.17. The molecule has 1 heterocycles. The summed E-state index contributed by atoms with van der Waals surface area (Å²) in [5, 5.41) is 3.06. The van der Waals surface area contributed by atoms with E-state index >= 15 is 0 Å². The zero-order chi connectivity index (χ0) is 12.1. The summed E-state index contributed by atoms with van der Waals surface area (Å²) >= 11 is 0. The largest absolute Gasteiger partial charge is 0.365 e. The highest BCUT2D eigenvalue weighted by atomic mass is 16.1. The van der Waals surface area contributed by atoms with Gasteiger partial charge in [-0.05, 0) is 44.2 Å². The monoisotopic (exact) mass is 235 g/mol. The molecule has 0 radical (unpaired) electrons. The van der Waals surface area contributed by atoms with Gasteiger partial charge in [0, 0.05) is 30.4 Å². The lowest BCUT2D eigenvalue weighted by Crippen LogP contribution is -2.33. The highest BCUT2D eigenvalue weighted by Gasteiger charge is 2.22. The normalized spacial score (nSPS) is 23.8. The van der Waals surface area contributed by atoms with Crippen molar-refractivity contribution in [3.8, 4) is 0 Å². The molecule has 2 rings (SSSR count). The van der Waals surface area contributed by atoms with Crippen LogP contribution in [-0.4, -0.2) is 23.0 Å². The van der Waals surface area contributed by atoms with E-state index in [2.05, 4.69) is 10.3 Å². The predicted octanol–water partition coefficient (Wildman–Crippen LogP) is 1.33. The van der Waals surface area contributed by atoms with E-state index in [0.29, 0.717) is 12.5 Å². The number of aryl methyl sites for hydroxylation is 1. The summed E-state index contributed by atoms with van der Waals surface area (Å²) in [6, 6.07) is 4.62. The predicted molar refractivity (Wildman–Crippen MR) is 67.5 cm³/mol. The molecule has 17 heavy (non-hydrogen) atoms. The first kappa shape index (κ1) is 12.2. The molecule has 0 aliphatic heterocycles. The molecule has 2 unspecified atom stereocenters. The molecule has 4 N–H and O–H groups in total. The Kier molecular flexibility index (Phi) is 4.20. The Morgan fingerprint density at radius 2 is 2.41 bits per heavy atom. The van der Waals surface area contributed by atoms with E-state index in [9.17, 15) is 4.79 Å². The van der Waals surface area contributed by atoms with Crippen LogP contribution in [0.4, 0.5) is 0 Å². The summed E-state index contributed by atoms with van der Waals surface area (Å²) in [5.74, 6) is 0.163. The number of nitrogens with two attached hydrogens (primary N) is 1. The van der Waals surface area contributed by atoms with Crippen molar-refractivity contribution in [3.63, 3.8) is 0 Å². The minimum absolute atomic E-state index is 0.163. The molecule has 1 saturated carbocycles. The van der Waals surface area contributed by atoms with Gasteiger partial charge < -0.3 is 16.0 Å². The summed E-state index contributed by atoms with van der Waals surface area (Å²) in [4.78, 5) is 14.8. The van der Waals surface area contributed by atoms with Gasteiger partial charge in [-0.15, -0.1) is 0 Å². The van der Waals surface area contributed by atoms with Crippen LogP contribution in [0.3, 0.4) is 0 Å². The van der Waals surface area contributed by atoms with Crippen molar-refractivity contribution in [1.82, 2.24) is 10.3 Å². The van der Waals surface area contributed by atoms with Crippen molar-refractivity contribution in [2.75, 3.05) is 0 Å². The van der Waals surface area contributed by atoms with Gasteiger partial charge in [-0.2, -0.15) is 0 Å². The Morgan fingerprint density at radius 1 is 1.53 bits per heavy atom. The maximum atomic E-state index is 11.7. The van der Waals surface area contributed by atoms with E-state index in [-0.39, 0.29) is 11.9 Å². The van der Waals surface area contributed by atoms with Crippen LogP contribution in [-0.2, 0) is 11.2 Å². The first-order valence-corrected chi connectivity index (χ1v) is 6.41. The van der Waals surface area contributed by atoms with Crippen molar-refractivity contribution < 1.29 is 4.79 Å². The minimum Gasteiger partial charge on any atom is -0.365 e. The fourth-order valence-corrected chi connectivity index (χ4v) is 2.41. The fraction of sp³-hybridized carbons (Fsp3) is 0.615. The van der Waals surface area contributed by atoms with Gasteiger partial charge in [0.25, 0.3) is 0 Å². The summed E-state index contributed by atoms with van der Waals surface area (Å²) < 4.78 is 0. The fourth-order valence-electron chi connectivity index (χ4n) is 2.41. The molecular formula is C13H21N3O. The Balaban J connectivity index is 1.61. The lowest BCUT2D eigenvalue weighted by molar-refractivity contribution is -0.121. The number of amides is 1. The van der Waals surface area contributed by atoms with Gasteiger partial charge in [-0.25, -0.2) is 0 Å². The van der Waals surface area contributed by atoms with E-state index in [1.165, 1.54) is 5.69 Å². The van der Waals surface area contributed by atoms with E-state index < -0.39 is 0 Å². The molecule has 0 spiro atoms. The Morgan fingerprint density at radius 3 is 3.06 bits per heavy atom. The Hall–Kier alpha value is -1.29. The molecule has 0 saturated heterocycles. The maximum Gasteiger partial charge on any atom is 0.220 e. The number of nitrogens with one attached hydrogen (secondary N) is 2. The molecule has 4 heteroatoms. The molecule has 0 aromatic carbocycles. The van der Waals surface area contributed by atoms with Crippen LogP contribution in [0.5, 0.6) is 0 Å². The Labute approximate surface area is 102 Å². The van der Waals surface area contributed by atoms with Crippen LogP contribution in [0.1, 0.15) is 37.8 Å². The zero-order valence-corrected chi connectivity index (χ0v) is 10.1. The standard InChI is InChI=1S/C13H21N3O/c14-10-6-7-12(9-10)16-13(17)5-1-3-11-4-2-8-15-11/h2,4,8,10,12,15H,1,3,5-7,9,14H2,(H,16,17). The quantitative estimate of drug-likeness (QED) is 0.720. The first-order chi connectivity index (χ1) is 8.24. The molecule has 94 valence electrons. The second-order valence-corrected chi connectivity index (χ2v) is 4.89. The molecule has 1 aromatic rings. The average molecular weight is 235 g/mol. The smallest absolute Gasteiger partial charge is 0.220 e. The molecule has 0 bridgehead atoms. The SMILES string of the molecule is NC1CCC(NC(=O)CCCc2ccc[nH]2)C1. The molecular weight excluding hydrogens is 214 g/mol. The number of hydrogen-bond acceptors (Lipinski definition) is 2. The van der Waals surface area contributed by atoms with Crippen LogP contribution >= 0.6 is 0 Å². The van der Waals surface area contributed by atoms with Crippen molar-refractivity contribution >= 4 is 5.91 Å². The zero-order valence-electron chi connectivity index (χ0n) is 10.1. The molecule has 1 aliphatic rings. The van der Waals surface area contributed by atoms with Crippen LogP contribution in [0.2, 0.25) is 0 Å². The van der Waals surface area contributed by atoms with Crippen LogP contribution in [0, 0.1) is 0 Å². The second kappa shape index (κ2) is 5.87. The van der Waals surface area contributed by atoms with E-state index in [0.717, 1.165) is 32.1 Å². The van der Waals surface area contributed by atoms with Gasteiger partial charge in [0.1, 0.15) is 0 Å². The van der Waals surface area contributed by atoms with Gasteiger partial charge in [0.2, 0.25) is 5.91 Å². The molecule has 1 amide bonds. The lowest BCUT2D eigenvalue weighted by atomic mass is 10.1. The van der Waals surface area contributed by atoms with Gasteiger partial charge in [0.15, 0.2) is 0 Å². The van der Waals surface area contributed by atoms with E-state index in [1.807, 2.05) is 18.3 Å². The van der Waals surface area contributed by atoms with E-state index in [4.69, 9.17) is 5.73 Å². The third kappa shape index (κ3) is 3.89. The topological polar surface area (TPSA) is 70.9 Å². The van der Waals surface area contributed by atoms with Crippen molar-refractivity contribution in [1.29, 1.82) is 0 Å². The Bertz CT molecular complexity index is 348. The summed E-state index contributed by atoms with van der Waals surface area (Å²) in [6.45, 7) is 0. The maximum absolute atomic E-state index is 11.7. The number of aromatic nitrogens is 1. The summed E-state index contributed by atoms with van der Waals surface area (Å²) in [7, 11) is 0. The summed E-state index contributed by atoms with van der Waals surface area (Å²) in [5.41, 5.74) is 7.00. The average Bonchev–Trinajstić information content (AvgIpc) is 2.90. The second-order valence-electron chi connectivity index (χ2n) is 4.89. The molecule has 1 aromatic heterocycles. The van der Waals surface area contributed by atoms with Crippen molar-refractivity contribution in [2.45, 2.75) is 50.6 Å². The lowest BCUT2D eigenvalue weighted by Gasteiger charge is -2.12. The number of hydrogen-bond donors (Lipinski definition) is 3. The van der Waals surface area contributed by atoms with Crippen LogP contribution in [0.25, 0.3) is 0 Å². The third-order valence-corrected chi connectivity index (χ3v) is 3.35. The number of aromatic amines is 1. The number of carbonyl (C=O) groups excluding carboxylic acids is 1. The third-order valence-electron chi connectivity index (χ3n) is 3.35. The highest BCUT2D eigenvalue weighted by molar-refractivity contribution is 5.76. The van der Waals surface area contributed by atoms with Gasteiger partial charge in [-0.3, -0.25) is 4.79 Å². The van der Waals surface area contributed by atoms with Gasteiger partial charge in [-0.1, -0.05) is 0 Å². The van der Waals surface area contributed by atoms with Gasteiger partial charge in [0.05, 0.1) is 0 Å². The minimum atomic E-state index is 0.163. The van der Waals surface area contributed by atoms with Crippen LogP contribution in [0.15, 0.2) is 18.3 Å². The van der Waals surface area contributed by atoms with Crippen LogP contribution < -0.4 is 11.1 Å². The van der Waals surface area contributed by atoms with Gasteiger partial charge >= 0.3 is 0 Å². The van der Waals surface area contributed by atoms with E-state index in [1.54, 1.807) is 0 Å². The number of rotatable bonds is 5. The molecule has 1 aliphatic carbocycles. The van der Waals surface area contributed by atoms with Crippen molar-refractivity contribution in [3.05, 3.63) is 24.0 Å². The first-order valence-electron chi connectivity index (χ1n) is 6.41. The number of H-pyrrole nitrogens is 1. The summed E-state index contributed by atoms with van der Waals surface area (Å²) in [6.07, 6.45) is 7.34. The molecule has 2 atom stereocenters. The number of carbonyl (C=O) groups is 1. The van der Waals surface area contributed by atoms with Crippen molar-refractivity contribution in [2.24, 2.45) is 5.73 Å².